The topological polar surface area (TPSA) is 46.4 Å². The molecule has 0 radical (unpaired) electrons. The van der Waals surface area contributed by atoms with E-state index in [1.54, 1.807) is 6.07 Å². The molecular weight excluding hydrogens is 332 g/mol. The van der Waals surface area contributed by atoms with Gasteiger partial charge in [0.05, 0.1) is 4.92 Å². The van der Waals surface area contributed by atoms with Gasteiger partial charge in [-0.3, -0.25) is 10.1 Å². The Morgan fingerprint density at radius 1 is 1.24 bits per heavy atom. The van der Waals surface area contributed by atoms with Gasteiger partial charge in [-0.05, 0) is 29.7 Å². The van der Waals surface area contributed by atoms with Crippen LogP contribution in [0.1, 0.15) is 16.7 Å². The number of hydrogen-bond acceptors (Lipinski definition) is 3. The van der Waals surface area contributed by atoms with Gasteiger partial charge in [0.15, 0.2) is 0 Å². The van der Waals surface area contributed by atoms with Crippen molar-refractivity contribution in [2.24, 2.45) is 0 Å². The number of nitrogens with zero attached hydrogens (tertiary/aromatic N) is 2. The second kappa shape index (κ2) is 6.72. The van der Waals surface area contributed by atoms with Crippen LogP contribution in [0, 0.1) is 17.0 Å². The largest absolute Gasteiger partial charge is 0.365 e. The van der Waals surface area contributed by atoms with Gasteiger partial charge in [0.25, 0.3) is 5.69 Å². The first-order chi connectivity index (χ1) is 10.0. The molecule has 2 aromatic rings. The highest BCUT2D eigenvalue weighted by Crippen LogP contribution is 2.30. The summed E-state index contributed by atoms with van der Waals surface area (Å²) in [5.41, 5.74) is 4.02. The van der Waals surface area contributed by atoms with Gasteiger partial charge in [0, 0.05) is 25.0 Å². The van der Waals surface area contributed by atoms with Gasteiger partial charge in [0.1, 0.15) is 5.69 Å². The van der Waals surface area contributed by atoms with Crippen LogP contribution < -0.4 is 4.90 Å². The molecule has 4 nitrogen and oxygen atoms in total. The number of anilines is 1. The van der Waals surface area contributed by atoms with E-state index in [9.17, 15) is 10.1 Å². The van der Waals surface area contributed by atoms with E-state index in [1.165, 1.54) is 11.1 Å². The van der Waals surface area contributed by atoms with Gasteiger partial charge < -0.3 is 4.90 Å². The summed E-state index contributed by atoms with van der Waals surface area (Å²) < 4.78 is 0. The number of aryl methyl sites for hydroxylation is 1. The summed E-state index contributed by atoms with van der Waals surface area (Å²) in [5.74, 6) is 0. The van der Waals surface area contributed by atoms with Gasteiger partial charge in [0.2, 0.25) is 0 Å². The van der Waals surface area contributed by atoms with E-state index in [2.05, 4.69) is 15.9 Å². The fourth-order valence-electron chi connectivity index (χ4n) is 2.25. The van der Waals surface area contributed by atoms with Crippen molar-refractivity contribution in [2.75, 3.05) is 11.9 Å². The Morgan fingerprint density at radius 2 is 1.95 bits per heavy atom. The first-order valence-corrected chi connectivity index (χ1v) is 7.74. The van der Waals surface area contributed by atoms with Crippen molar-refractivity contribution in [3.63, 3.8) is 0 Å². The highest BCUT2D eigenvalue weighted by atomic mass is 79.9. The predicted molar refractivity (Wildman–Crippen MR) is 89.0 cm³/mol. The molecule has 21 heavy (non-hydrogen) atoms. The Morgan fingerprint density at radius 3 is 2.57 bits per heavy atom. The van der Waals surface area contributed by atoms with E-state index in [0.717, 1.165) is 5.56 Å². The van der Waals surface area contributed by atoms with Crippen molar-refractivity contribution in [1.82, 2.24) is 0 Å². The summed E-state index contributed by atoms with van der Waals surface area (Å²) in [6, 6.07) is 13.4. The highest BCUT2D eigenvalue weighted by molar-refractivity contribution is 9.08. The maximum absolute atomic E-state index is 11.3. The summed E-state index contributed by atoms with van der Waals surface area (Å²) in [6.07, 6.45) is 0. The zero-order valence-electron chi connectivity index (χ0n) is 12.0. The molecule has 2 rings (SSSR count). The molecule has 0 fully saturated rings. The lowest BCUT2D eigenvalue weighted by molar-refractivity contribution is -0.384. The van der Waals surface area contributed by atoms with Crippen molar-refractivity contribution in [3.8, 4) is 0 Å². The molecule has 0 amide bonds. The first kappa shape index (κ1) is 15.5. The standard InChI is InChI=1S/C16H17BrN2O2/c1-12-5-3-4-6-14(12)11-18(2)15-8-7-13(10-17)9-16(15)19(20)21/h3-9H,10-11H2,1-2H3. The lowest BCUT2D eigenvalue weighted by atomic mass is 10.1. The molecule has 0 unspecified atom stereocenters. The van der Waals surface area contributed by atoms with Crippen molar-refractivity contribution in [1.29, 1.82) is 0 Å². The average molecular weight is 349 g/mol. The maximum atomic E-state index is 11.3. The van der Waals surface area contributed by atoms with Crippen LogP contribution in [0.3, 0.4) is 0 Å². The van der Waals surface area contributed by atoms with Gasteiger partial charge in [-0.25, -0.2) is 0 Å². The third kappa shape index (κ3) is 3.61. The molecule has 2 aromatic carbocycles. The van der Waals surface area contributed by atoms with Crippen LogP contribution in [0.2, 0.25) is 0 Å². The Labute approximate surface area is 132 Å². The molecular formula is C16H17BrN2O2. The molecule has 5 heteroatoms. The smallest absolute Gasteiger partial charge is 0.292 e. The third-order valence-electron chi connectivity index (χ3n) is 3.47. The third-order valence-corrected chi connectivity index (χ3v) is 4.12. The van der Waals surface area contributed by atoms with E-state index < -0.39 is 0 Å². The van der Waals surface area contributed by atoms with E-state index in [4.69, 9.17) is 0 Å². The van der Waals surface area contributed by atoms with Crippen LogP contribution in [0.25, 0.3) is 0 Å². The molecule has 0 heterocycles. The predicted octanol–water partition coefficient (Wildman–Crippen LogP) is 4.43. The quantitative estimate of drug-likeness (QED) is 0.456. The molecule has 0 aliphatic carbocycles. The molecule has 0 atom stereocenters. The molecule has 0 aliphatic rings. The molecule has 110 valence electrons. The minimum Gasteiger partial charge on any atom is -0.365 e. The zero-order chi connectivity index (χ0) is 15.4. The van der Waals surface area contributed by atoms with Gasteiger partial charge in [-0.2, -0.15) is 0 Å². The lowest BCUT2D eigenvalue weighted by Gasteiger charge is -2.20. The van der Waals surface area contributed by atoms with Crippen molar-refractivity contribution >= 4 is 27.3 Å². The summed E-state index contributed by atoms with van der Waals surface area (Å²) in [6.45, 7) is 2.69. The number of nitro groups is 1. The Balaban J connectivity index is 2.33. The minimum atomic E-state index is -0.324. The summed E-state index contributed by atoms with van der Waals surface area (Å²) >= 11 is 3.33. The van der Waals surface area contributed by atoms with Crippen LogP contribution in [-0.4, -0.2) is 12.0 Å². The SMILES string of the molecule is Cc1ccccc1CN(C)c1ccc(CBr)cc1[N+](=O)[O-]. The van der Waals surface area contributed by atoms with E-state index in [0.29, 0.717) is 17.6 Å². The van der Waals surface area contributed by atoms with Crippen LogP contribution in [0.15, 0.2) is 42.5 Å². The molecule has 0 saturated carbocycles. The highest BCUT2D eigenvalue weighted by Gasteiger charge is 2.18. The van der Waals surface area contributed by atoms with Crippen molar-refractivity contribution < 1.29 is 4.92 Å². The average Bonchev–Trinajstić information content (AvgIpc) is 2.48. The van der Waals surface area contributed by atoms with Crippen LogP contribution >= 0.6 is 15.9 Å². The Kier molecular flexibility index (Phi) is 4.96. The van der Waals surface area contributed by atoms with Crippen molar-refractivity contribution in [3.05, 3.63) is 69.3 Å². The molecule has 0 aliphatic heterocycles. The number of rotatable bonds is 5. The van der Waals surface area contributed by atoms with Crippen LogP contribution in [-0.2, 0) is 11.9 Å². The minimum absolute atomic E-state index is 0.142. The number of halogens is 1. The number of benzene rings is 2. The van der Waals surface area contributed by atoms with Crippen LogP contribution in [0.5, 0.6) is 0 Å². The lowest BCUT2D eigenvalue weighted by Crippen LogP contribution is -2.18. The number of alkyl halides is 1. The Hall–Kier alpha value is -1.88. The second-order valence-corrected chi connectivity index (χ2v) is 5.56. The van der Waals surface area contributed by atoms with E-state index >= 15 is 0 Å². The Bertz CT molecular complexity index is 658. The molecule has 0 bridgehead atoms. The zero-order valence-corrected chi connectivity index (χ0v) is 13.6. The summed E-state index contributed by atoms with van der Waals surface area (Å²) in [5, 5.41) is 11.9. The van der Waals surface area contributed by atoms with E-state index in [1.807, 2.05) is 55.3 Å². The maximum Gasteiger partial charge on any atom is 0.292 e. The first-order valence-electron chi connectivity index (χ1n) is 6.62. The fraction of sp³-hybridized carbons (Fsp3) is 0.250. The second-order valence-electron chi connectivity index (χ2n) is 5.00. The fourth-order valence-corrected chi connectivity index (χ4v) is 2.60. The van der Waals surface area contributed by atoms with E-state index in [-0.39, 0.29) is 10.6 Å². The van der Waals surface area contributed by atoms with Gasteiger partial charge in [-0.1, -0.05) is 46.3 Å². The van der Waals surface area contributed by atoms with Gasteiger partial charge >= 0.3 is 0 Å². The summed E-state index contributed by atoms with van der Waals surface area (Å²) in [7, 11) is 1.88. The van der Waals surface area contributed by atoms with Crippen LogP contribution in [0.4, 0.5) is 11.4 Å². The van der Waals surface area contributed by atoms with Gasteiger partial charge in [-0.15, -0.1) is 0 Å². The molecule has 0 aromatic heterocycles. The molecule has 0 saturated heterocycles. The molecule has 0 spiro atoms. The number of hydrogen-bond donors (Lipinski definition) is 0. The normalized spacial score (nSPS) is 10.4. The monoisotopic (exact) mass is 348 g/mol. The number of nitro benzene ring substituents is 1. The molecule has 0 N–H and O–H groups in total. The van der Waals surface area contributed by atoms with Crippen molar-refractivity contribution in [2.45, 2.75) is 18.8 Å². The summed E-state index contributed by atoms with van der Waals surface area (Å²) in [4.78, 5) is 12.9.